The Balaban J connectivity index is 1.91. The maximum absolute atomic E-state index is 13.7. The number of carbonyl (C=O) groups is 2. The molecule has 34 heavy (non-hydrogen) atoms. The van der Waals surface area contributed by atoms with Crippen LogP contribution in [0.4, 0.5) is 5.69 Å². The summed E-state index contributed by atoms with van der Waals surface area (Å²) in [5.74, 6) is 1.28. The molecule has 0 saturated heterocycles. The van der Waals surface area contributed by atoms with Gasteiger partial charge in [0.25, 0.3) is 0 Å². The second-order valence-electron chi connectivity index (χ2n) is 9.76. The molecule has 0 bridgehead atoms. The van der Waals surface area contributed by atoms with Crippen LogP contribution in [0, 0.1) is 5.41 Å². The molecule has 6 nitrogen and oxygen atoms in total. The Morgan fingerprint density at radius 2 is 1.53 bits per heavy atom. The molecule has 6 heteroatoms. The minimum absolute atomic E-state index is 0.0321. The maximum atomic E-state index is 13.7. The van der Waals surface area contributed by atoms with E-state index in [2.05, 4.69) is 20.8 Å². The highest BCUT2D eigenvalue weighted by Crippen LogP contribution is 2.51. The summed E-state index contributed by atoms with van der Waals surface area (Å²) in [6.07, 6.45) is 2.18. The average Bonchev–Trinajstić information content (AvgIpc) is 2.81. The minimum atomic E-state index is -0.410. The molecule has 0 spiro atoms. The van der Waals surface area contributed by atoms with Crippen LogP contribution in [-0.2, 0) is 16.0 Å². The van der Waals surface area contributed by atoms with E-state index in [-0.39, 0.29) is 23.5 Å². The number of methoxy groups -OCH3 is 3. The third-order valence-corrected chi connectivity index (χ3v) is 6.86. The van der Waals surface area contributed by atoms with E-state index in [9.17, 15) is 9.59 Å². The van der Waals surface area contributed by atoms with Crippen molar-refractivity contribution in [3.05, 3.63) is 58.8 Å². The molecule has 180 valence electrons. The van der Waals surface area contributed by atoms with Crippen molar-refractivity contribution >= 4 is 17.4 Å². The van der Waals surface area contributed by atoms with E-state index in [4.69, 9.17) is 14.2 Å². The predicted octanol–water partition coefficient (Wildman–Crippen LogP) is 5.44. The van der Waals surface area contributed by atoms with Gasteiger partial charge in [0, 0.05) is 47.3 Å². The average molecular weight is 464 g/mol. The zero-order valence-electron chi connectivity index (χ0n) is 20.9. The van der Waals surface area contributed by atoms with Gasteiger partial charge in [-0.1, -0.05) is 32.9 Å². The summed E-state index contributed by atoms with van der Waals surface area (Å²) >= 11 is 0. The normalized spacial score (nSPS) is 19.7. The molecule has 1 aliphatic carbocycles. The van der Waals surface area contributed by atoms with Crippen LogP contribution in [0.25, 0.3) is 0 Å². The Kier molecular flexibility index (Phi) is 6.43. The first-order valence-corrected chi connectivity index (χ1v) is 11.7. The number of benzene rings is 2. The Labute approximate surface area is 201 Å². The number of anilines is 1. The Bertz CT molecular complexity index is 1150. The highest BCUT2D eigenvalue weighted by Gasteiger charge is 2.45. The molecule has 0 unspecified atom stereocenters. The molecule has 1 amide bonds. The van der Waals surface area contributed by atoms with Gasteiger partial charge >= 0.3 is 0 Å². The van der Waals surface area contributed by atoms with E-state index >= 15 is 0 Å². The number of hydrogen-bond acceptors (Lipinski definition) is 5. The number of Topliss-reactive ketones (excluding diaryl/α,β-unsaturated/α-hetero) is 1. The van der Waals surface area contributed by atoms with Gasteiger partial charge in [-0.15, -0.1) is 0 Å². The molecule has 2 aromatic rings. The van der Waals surface area contributed by atoms with E-state index in [1.165, 1.54) is 5.56 Å². The van der Waals surface area contributed by atoms with Gasteiger partial charge in [-0.05, 0) is 42.0 Å². The van der Waals surface area contributed by atoms with Crippen molar-refractivity contribution in [1.82, 2.24) is 0 Å². The molecular formula is C28H33NO5. The number of ketones is 1. The van der Waals surface area contributed by atoms with E-state index in [1.54, 1.807) is 32.3 Å². The van der Waals surface area contributed by atoms with Crippen molar-refractivity contribution in [2.45, 2.75) is 52.4 Å². The standard InChI is InChI=1S/C28H33NO5/c1-7-17-8-10-18(11-9-17)29-21-15-28(2,3)16-22(30)27(21)20(13-26(29)31)19-12-24(33-5)25(34-6)14-23(19)32-4/h8-12,14,20H,7,13,15-16H2,1-6H3/t20-/m1/s1. The summed E-state index contributed by atoms with van der Waals surface area (Å²) < 4.78 is 16.6. The van der Waals surface area contributed by atoms with Gasteiger partial charge < -0.3 is 14.2 Å². The van der Waals surface area contributed by atoms with Crippen LogP contribution in [0.1, 0.15) is 57.1 Å². The monoisotopic (exact) mass is 463 g/mol. The first kappa shape index (κ1) is 23.9. The minimum Gasteiger partial charge on any atom is -0.496 e. The molecule has 4 rings (SSSR count). The quantitative estimate of drug-likeness (QED) is 0.571. The summed E-state index contributed by atoms with van der Waals surface area (Å²) in [6, 6.07) is 11.6. The maximum Gasteiger partial charge on any atom is 0.232 e. The fourth-order valence-electron chi connectivity index (χ4n) is 5.19. The van der Waals surface area contributed by atoms with Crippen LogP contribution < -0.4 is 19.1 Å². The molecule has 1 heterocycles. The predicted molar refractivity (Wildman–Crippen MR) is 132 cm³/mol. The summed E-state index contributed by atoms with van der Waals surface area (Å²) in [5, 5.41) is 0. The molecular weight excluding hydrogens is 430 g/mol. The van der Waals surface area contributed by atoms with Crippen LogP contribution in [0.5, 0.6) is 17.2 Å². The Hall–Kier alpha value is -3.28. The number of hydrogen-bond donors (Lipinski definition) is 0. The molecule has 0 saturated carbocycles. The molecule has 2 aliphatic rings. The summed E-state index contributed by atoms with van der Waals surface area (Å²) in [6.45, 7) is 6.27. The number of aryl methyl sites for hydroxylation is 1. The molecule has 0 N–H and O–H groups in total. The number of allylic oxidation sites excluding steroid dienone is 2. The first-order valence-electron chi connectivity index (χ1n) is 11.7. The molecule has 0 fully saturated rings. The number of nitrogens with zero attached hydrogens (tertiary/aromatic N) is 1. The van der Waals surface area contributed by atoms with E-state index in [1.807, 2.05) is 30.3 Å². The molecule has 0 aromatic heterocycles. The van der Waals surface area contributed by atoms with Crippen molar-refractivity contribution in [1.29, 1.82) is 0 Å². The molecule has 1 aliphatic heterocycles. The Morgan fingerprint density at radius 3 is 2.12 bits per heavy atom. The summed E-state index contributed by atoms with van der Waals surface area (Å²) in [5.41, 5.74) is 4.03. The van der Waals surface area contributed by atoms with Gasteiger partial charge in [0.05, 0.1) is 21.3 Å². The molecule has 1 atom stereocenters. The second kappa shape index (κ2) is 9.16. The Morgan fingerprint density at radius 1 is 0.912 bits per heavy atom. The number of amides is 1. The van der Waals surface area contributed by atoms with Gasteiger partial charge in [0.2, 0.25) is 5.91 Å². The lowest BCUT2D eigenvalue weighted by Crippen LogP contribution is -2.43. The fraction of sp³-hybridized carbons (Fsp3) is 0.429. The van der Waals surface area contributed by atoms with E-state index in [0.717, 1.165) is 23.4 Å². The third-order valence-electron chi connectivity index (χ3n) is 6.86. The van der Waals surface area contributed by atoms with Gasteiger partial charge in [-0.25, -0.2) is 0 Å². The third kappa shape index (κ3) is 4.17. The zero-order chi connectivity index (χ0) is 24.6. The number of carbonyl (C=O) groups excluding carboxylic acids is 2. The zero-order valence-corrected chi connectivity index (χ0v) is 20.9. The first-order chi connectivity index (χ1) is 16.2. The van der Waals surface area contributed by atoms with Crippen molar-refractivity contribution in [3.63, 3.8) is 0 Å². The van der Waals surface area contributed by atoms with Gasteiger partial charge in [-0.2, -0.15) is 0 Å². The number of ether oxygens (including phenoxy) is 3. The highest BCUT2D eigenvalue weighted by molar-refractivity contribution is 6.08. The van der Waals surface area contributed by atoms with E-state index < -0.39 is 5.92 Å². The van der Waals surface area contributed by atoms with Crippen molar-refractivity contribution in [2.24, 2.45) is 5.41 Å². The smallest absolute Gasteiger partial charge is 0.232 e. The van der Waals surface area contributed by atoms with Crippen LogP contribution >= 0.6 is 0 Å². The summed E-state index contributed by atoms with van der Waals surface area (Å²) in [7, 11) is 4.72. The van der Waals surface area contributed by atoms with Crippen molar-refractivity contribution < 1.29 is 23.8 Å². The molecule has 0 radical (unpaired) electrons. The van der Waals surface area contributed by atoms with Crippen molar-refractivity contribution in [3.8, 4) is 17.2 Å². The topological polar surface area (TPSA) is 65.1 Å². The summed E-state index contributed by atoms with van der Waals surface area (Å²) in [4.78, 5) is 29.0. The van der Waals surface area contributed by atoms with Gasteiger partial charge in [-0.3, -0.25) is 14.5 Å². The van der Waals surface area contributed by atoms with Crippen molar-refractivity contribution in [2.75, 3.05) is 26.2 Å². The number of rotatable bonds is 6. The van der Waals surface area contributed by atoms with Crippen LogP contribution in [-0.4, -0.2) is 33.0 Å². The van der Waals surface area contributed by atoms with Gasteiger partial charge in [0.15, 0.2) is 17.3 Å². The van der Waals surface area contributed by atoms with E-state index in [0.29, 0.717) is 35.7 Å². The van der Waals surface area contributed by atoms with Crippen LogP contribution in [0.15, 0.2) is 47.7 Å². The lowest BCUT2D eigenvalue weighted by Gasteiger charge is -2.43. The van der Waals surface area contributed by atoms with Crippen LogP contribution in [0.2, 0.25) is 0 Å². The van der Waals surface area contributed by atoms with Gasteiger partial charge in [0.1, 0.15) is 5.75 Å². The van der Waals surface area contributed by atoms with Crippen LogP contribution in [0.3, 0.4) is 0 Å². The fourth-order valence-corrected chi connectivity index (χ4v) is 5.19. The SMILES string of the molecule is CCc1ccc(N2C(=O)C[C@H](c3cc(OC)c(OC)cc3OC)C3=C2CC(C)(C)CC3=O)cc1. The lowest BCUT2D eigenvalue weighted by atomic mass is 9.69. The molecule has 2 aromatic carbocycles. The second-order valence-corrected chi connectivity index (χ2v) is 9.76. The lowest BCUT2D eigenvalue weighted by molar-refractivity contribution is -0.121. The largest absolute Gasteiger partial charge is 0.496 e. The highest BCUT2D eigenvalue weighted by atomic mass is 16.5.